The molecule has 0 bridgehead atoms. The van der Waals surface area contributed by atoms with E-state index in [-0.39, 0.29) is 17.6 Å². The highest BCUT2D eigenvalue weighted by molar-refractivity contribution is 5.94. The minimum absolute atomic E-state index is 0.159. The largest absolute Gasteiger partial charge is 0.516 e. The topological polar surface area (TPSA) is 82.1 Å². The number of esters is 1. The van der Waals surface area contributed by atoms with Gasteiger partial charge < -0.3 is 19.1 Å². The fourth-order valence-corrected chi connectivity index (χ4v) is 1.50. The third-order valence-corrected chi connectivity index (χ3v) is 2.72. The Labute approximate surface area is 135 Å². The van der Waals surface area contributed by atoms with E-state index in [0.717, 1.165) is 0 Å². The number of benzene rings is 1. The van der Waals surface area contributed by atoms with E-state index in [0.29, 0.717) is 5.56 Å². The van der Waals surface area contributed by atoms with Gasteiger partial charge in [0.1, 0.15) is 5.75 Å². The molecule has 0 fully saturated rings. The fraction of sp³-hybridized carbons (Fsp3) is 0.438. The molecular weight excluding hydrogens is 302 g/mol. The lowest BCUT2D eigenvalue weighted by atomic mass is 10.2. The number of hydrogen-bond donors (Lipinski definition) is 0. The molecule has 0 N–H and O–H groups in total. The van der Waals surface area contributed by atoms with Gasteiger partial charge in [0.05, 0.1) is 5.92 Å². The van der Waals surface area contributed by atoms with Crippen LogP contribution in [-0.2, 0) is 14.3 Å². The highest BCUT2D eigenvalue weighted by Gasteiger charge is 2.18. The summed E-state index contributed by atoms with van der Waals surface area (Å²) < 4.78 is 14.6. The van der Waals surface area contributed by atoms with Gasteiger partial charge in [-0.2, -0.15) is 0 Å². The van der Waals surface area contributed by atoms with Gasteiger partial charge in [-0.3, -0.25) is 9.59 Å². The second-order valence-electron chi connectivity index (χ2n) is 5.35. The Kier molecular flexibility index (Phi) is 6.56. The Morgan fingerprint density at radius 1 is 0.957 bits per heavy atom. The summed E-state index contributed by atoms with van der Waals surface area (Å²) in [6, 6.07) is 6.02. The Morgan fingerprint density at radius 2 is 1.52 bits per heavy atom. The van der Waals surface area contributed by atoms with Crippen molar-refractivity contribution in [1.82, 2.24) is 4.90 Å². The SMILES string of the molecule is CC(C)C(=O)O[C@@H](C)OC(=O)Oc1ccc(C(=O)N(C)C)cc1. The predicted octanol–water partition coefficient (Wildman–Crippen LogP) is 2.45. The van der Waals surface area contributed by atoms with E-state index >= 15 is 0 Å². The van der Waals surface area contributed by atoms with Crippen LogP contribution in [0.3, 0.4) is 0 Å². The van der Waals surface area contributed by atoms with E-state index in [1.807, 2.05) is 0 Å². The van der Waals surface area contributed by atoms with Gasteiger partial charge in [0, 0.05) is 26.6 Å². The molecule has 1 aromatic rings. The van der Waals surface area contributed by atoms with Crippen molar-refractivity contribution >= 4 is 18.0 Å². The molecule has 0 saturated carbocycles. The molecule has 1 atom stereocenters. The number of carbonyl (C=O) groups is 3. The molecule has 0 unspecified atom stereocenters. The first-order chi connectivity index (χ1) is 10.7. The van der Waals surface area contributed by atoms with E-state index in [2.05, 4.69) is 0 Å². The van der Waals surface area contributed by atoms with Gasteiger partial charge in [-0.1, -0.05) is 13.8 Å². The normalized spacial score (nSPS) is 11.6. The van der Waals surface area contributed by atoms with Crippen molar-refractivity contribution in [3.63, 3.8) is 0 Å². The van der Waals surface area contributed by atoms with Crippen LogP contribution in [0.1, 0.15) is 31.1 Å². The molecule has 7 nitrogen and oxygen atoms in total. The fourth-order valence-electron chi connectivity index (χ4n) is 1.50. The van der Waals surface area contributed by atoms with Gasteiger partial charge in [-0.15, -0.1) is 0 Å². The average Bonchev–Trinajstić information content (AvgIpc) is 2.46. The van der Waals surface area contributed by atoms with Crippen molar-refractivity contribution in [2.45, 2.75) is 27.1 Å². The highest BCUT2D eigenvalue weighted by atomic mass is 16.8. The molecule has 7 heteroatoms. The Hall–Kier alpha value is -2.57. The molecule has 0 saturated heterocycles. The molecule has 1 rings (SSSR count). The van der Waals surface area contributed by atoms with Gasteiger partial charge in [0.2, 0.25) is 6.29 Å². The molecule has 0 aromatic heterocycles. The Morgan fingerprint density at radius 3 is 2.00 bits per heavy atom. The zero-order valence-corrected chi connectivity index (χ0v) is 13.9. The third kappa shape index (κ3) is 5.98. The Bertz CT molecular complexity index is 564. The zero-order chi connectivity index (χ0) is 17.6. The quantitative estimate of drug-likeness (QED) is 0.470. The molecule has 0 radical (unpaired) electrons. The second-order valence-corrected chi connectivity index (χ2v) is 5.35. The summed E-state index contributed by atoms with van der Waals surface area (Å²) in [4.78, 5) is 36.1. The number of hydrogen-bond acceptors (Lipinski definition) is 6. The van der Waals surface area contributed by atoms with E-state index in [1.165, 1.54) is 36.1 Å². The van der Waals surface area contributed by atoms with Gasteiger partial charge in [0.25, 0.3) is 5.91 Å². The van der Waals surface area contributed by atoms with E-state index in [1.54, 1.807) is 27.9 Å². The third-order valence-electron chi connectivity index (χ3n) is 2.72. The summed E-state index contributed by atoms with van der Waals surface area (Å²) in [5.41, 5.74) is 0.468. The number of nitrogens with zero attached hydrogens (tertiary/aromatic N) is 1. The van der Waals surface area contributed by atoms with Crippen molar-refractivity contribution < 1.29 is 28.6 Å². The second kappa shape index (κ2) is 8.17. The molecule has 0 aliphatic carbocycles. The number of ether oxygens (including phenoxy) is 3. The smallest absolute Gasteiger partial charge is 0.425 e. The molecular formula is C16H21NO6. The van der Waals surface area contributed by atoms with Crippen LogP contribution in [0.25, 0.3) is 0 Å². The molecule has 126 valence electrons. The standard InChI is InChI=1S/C16H21NO6/c1-10(2)15(19)21-11(3)22-16(20)23-13-8-6-12(7-9-13)14(18)17(4)5/h6-11H,1-5H3/t11-/m1/s1. The molecule has 0 spiro atoms. The van der Waals surface area contributed by atoms with Crippen LogP contribution in [0.2, 0.25) is 0 Å². The van der Waals surface area contributed by atoms with E-state index in [4.69, 9.17) is 14.2 Å². The van der Waals surface area contributed by atoms with Gasteiger partial charge in [0.15, 0.2) is 0 Å². The summed E-state index contributed by atoms with van der Waals surface area (Å²) in [6.07, 6.45) is -2.05. The lowest BCUT2D eigenvalue weighted by molar-refractivity contribution is -0.170. The maximum absolute atomic E-state index is 11.7. The minimum atomic E-state index is -1.05. The number of carbonyl (C=O) groups excluding carboxylic acids is 3. The van der Waals surface area contributed by atoms with Crippen LogP contribution in [0.4, 0.5) is 4.79 Å². The van der Waals surface area contributed by atoms with Gasteiger partial charge in [-0.05, 0) is 24.3 Å². The summed E-state index contributed by atoms with van der Waals surface area (Å²) in [5, 5.41) is 0. The maximum Gasteiger partial charge on any atom is 0.516 e. The predicted molar refractivity (Wildman–Crippen MR) is 82.0 cm³/mol. The lowest BCUT2D eigenvalue weighted by Gasteiger charge is -2.15. The summed E-state index contributed by atoms with van der Waals surface area (Å²) in [5.74, 6) is -0.739. The average molecular weight is 323 g/mol. The van der Waals surface area contributed by atoms with E-state index in [9.17, 15) is 14.4 Å². The first kappa shape index (κ1) is 18.5. The maximum atomic E-state index is 11.7. The van der Waals surface area contributed by atoms with Crippen molar-refractivity contribution in [2.75, 3.05) is 14.1 Å². The van der Waals surface area contributed by atoms with Crippen LogP contribution in [0.5, 0.6) is 5.75 Å². The van der Waals surface area contributed by atoms with Crippen LogP contribution in [-0.4, -0.2) is 43.3 Å². The minimum Gasteiger partial charge on any atom is -0.425 e. The van der Waals surface area contributed by atoms with E-state index < -0.39 is 18.4 Å². The van der Waals surface area contributed by atoms with Crippen molar-refractivity contribution in [3.8, 4) is 5.75 Å². The molecule has 23 heavy (non-hydrogen) atoms. The summed E-state index contributed by atoms with van der Waals surface area (Å²) >= 11 is 0. The highest BCUT2D eigenvalue weighted by Crippen LogP contribution is 2.14. The van der Waals surface area contributed by atoms with Crippen LogP contribution in [0.15, 0.2) is 24.3 Å². The van der Waals surface area contributed by atoms with Gasteiger partial charge in [-0.25, -0.2) is 4.79 Å². The van der Waals surface area contributed by atoms with Crippen molar-refractivity contribution in [3.05, 3.63) is 29.8 Å². The Balaban J connectivity index is 2.54. The van der Waals surface area contributed by atoms with Crippen LogP contribution < -0.4 is 4.74 Å². The van der Waals surface area contributed by atoms with Crippen molar-refractivity contribution in [2.24, 2.45) is 5.92 Å². The molecule has 1 amide bonds. The van der Waals surface area contributed by atoms with Crippen LogP contribution >= 0.6 is 0 Å². The molecule has 0 aliphatic heterocycles. The number of rotatable bonds is 5. The first-order valence-electron chi connectivity index (χ1n) is 7.11. The number of amides is 1. The molecule has 1 aromatic carbocycles. The summed E-state index contributed by atoms with van der Waals surface area (Å²) in [6.45, 7) is 4.76. The lowest BCUT2D eigenvalue weighted by Crippen LogP contribution is -2.25. The van der Waals surface area contributed by atoms with Crippen molar-refractivity contribution in [1.29, 1.82) is 0 Å². The van der Waals surface area contributed by atoms with Gasteiger partial charge >= 0.3 is 12.1 Å². The molecule has 0 heterocycles. The summed E-state index contributed by atoms with van der Waals surface area (Å²) in [7, 11) is 3.29. The first-order valence-corrected chi connectivity index (χ1v) is 7.11. The zero-order valence-electron chi connectivity index (χ0n) is 13.9. The molecule has 0 aliphatic rings. The van der Waals surface area contributed by atoms with Crippen LogP contribution in [0, 0.1) is 5.92 Å². The monoisotopic (exact) mass is 323 g/mol.